The molecule has 9 fully saturated rings. The van der Waals surface area contributed by atoms with Crippen molar-refractivity contribution >= 4 is 17.5 Å². The van der Waals surface area contributed by atoms with Crippen LogP contribution in [0.3, 0.4) is 0 Å². The number of nitrogens with one attached hydrogen (secondary N) is 1. The number of Topliss-reactive ketones (excluding diaryl/α,β-unsaturated/α-hetero) is 1. The molecule has 47 heavy (non-hydrogen) atoms. The molecular weight excluding hydrogens is 616 g/mol. The van der Waals surface area contributed by atoms with E-state index >= 15 is 0 Å². The maximum absolute atomic E-state index is 13.1. The van der Waals surface area contributed by atoms with E-state index in [-0.39, 0.29) is 0 Å². The van der Waals surface area contributed by atoms with Crippen molar-refractivity contribution < 1.29 is 18.0 Å². The Morgan fingerprint density at radius 3 is 2.06 bits per heavy atom. The van der Waals surface area contributed by atoms with Crippen molar-refractivity contribution in [1.82, 2.24) is 15.1 Å². The summed E-state index contributed by atoms with van der Waals surface area (Å²) in [6.07, 6.45) is 21.6. The summed E-state index contributed by atoms with van der Waals surface area (Å²) in [7, 11) is 0. The second-order valence-electron chi connectivity index (χ2n) is 18.0. The van der Waals surface area contributed by atoms with E-state index in [1.165, 1.54) is 109 Å². The van der Waals surface area contributed by atoms with E-state index in [0.717, 1.165) is 83.9 Å². The van der Waals surface area contributed by atoms with Crippen molar-refractivity contribution in [2.75, 3.05) is 6.67 Å². The van der Waals surface area contributed by atoms with E-state index in [0.29, 0.717) is 30.7 Å². The normalized spacial score (nSPS) is 50.7. The first-order valence-corrected chi connectivity index (χ1v) is 21.3. The molecule has 0 aromatic carbocycles. The predicted octanol–water partition coefficient (Wildman–Crippen LogP) is 8.58. The van der Waals surface area contributed by atoms with Gasteiger partial charge in [-0.3, -0.25) is 19.9 Å². The van der Waals surface area contributed by atoms with Crippen molar-refractivity contribution in [2.24, 2.45) is 41.4 Å². The molecule has 6 aliphatic carbocycles. The fourth-order valence-electron chi connectivity index (χ4n) is 14.2. The second-order valence-corrected chi connectivity index (χ2v) is 19.4. The van der Waals surface area contributed by atoms with E-state index < -0.39 is 17.9 Å². The number of fused-ring (bicyclic) bond motifs is 8. The molecule has 11 unspecified atom stereocenters. The average molecular weight is 676 g/mol. The highest BCUT2D eigenvalue weighted by atomic mass is 32.2. The summed E-state index contributed by atoms with van der Waals surface area (Å²) < 4.78 is 39.2. The molecule has 3 saturated heterocycles. The van der Waals surface area contributed by atoms with E-state index in [9.17, 15) is 18.0 Å². The molecule has 9 rings (SSSR count). The van der Waals surface area contributed by atoms with Crippen LogP contribution in [0.5, 0.6) is 0 Å². The van der Waals surface area contributed by atoms with Crippen LogP contribution in [0.2, 0.25) is 0 Å². The fourth-order valence-corrected chi connectivity index (χ4v) is 16.4. The first kappa shape index (κ1) is 32.6. The predicted molar refractivity (Wildman–Crippen MR) is 182 cm³/mol. The van der Waals surface area contributed by atoms with Gasteiger partial charge in [0.15, 0.2) is 0 Å². The highest BCUT2D eigenvalue weighted by molar-refractivity contribution is 8.00. The topological polar surface area (TPSA) is 35.6 Å². The van der Waals surface area contributed by atoms with Gasteiger partial charge in [-0.2, -0.15) is 24.9 Å². The number of ketones is 1. The molecule has 264 valence electrons. The quantitative estimate of drug-likeness (QED) is 0.323. The lowest BCUT2D eigenvalue weighted by atomic mass is 9.65. The molecular formula is C39H60F3N3OS. The molecule has 0 spiro atoms. The third-order valence-electron chi connectivity index (χ3n) is 16.2. The third kappa shape index (κ3) is 5.79. The van der Waals surface area contributed by atoms with E-state index in [1.807, 2.05) is 0 Å². The Morgan fingerprint density at radius 1 is 0.638 bits per heavy atom. The Kier molecular flexibility index (Phi) is 9.03. The first-order valence-electron chi connectivity index (χ1n) is 20.4. The fraction of sp³-hybridized carbons (Fsp3) is 0.974. The van der Waals surface area contributed by atoms with Gasteiger partial charge in [0.05, 0.1) is 0 Å². The molecule has 8 heteroatoms. The molecule has 0 amide bonds. The smallest absolute Gasteiger partial charge is 0.300 e. The molecule has 6 saturated carbocycles. The molecule has 4 nitrogen and oxygen atoms in total. The molecule has 0 aromatic rings. The number of hydrogen-bond donors (Lipinski definition) is 1. The van der Waals surface area contributed by atoms with Crippen LogP contribution < -0.4 is 5.32 Å². The zero-order valence-electron chi connectivity index (χ0n) is 28.6. The van der Waals surface area contributed by atoms with Gasteiger partial charge in [0.1, 0.15) is 0 Å². The van der Waals surface area contributed by atoms with Gasteiger partial charge in [-0.25, -0.2) is 0 Å². The SMILES string of the molecule is O=C(C1CCC(C2CCC(N3C4CCCCC4C4CCC5C6CC(N7CNC8CCCCC87)CCC6SC5C43)CC2)CC1)C(F)(F)F. The highest BCUT2D eigenvalue weighted by Crippen LogP contribution is 2.62. The van der Waals surface area contributed by atoms with Gasteiger partial charge in [-0.05, 0) is 145 Å². The lowest BCUT2D eigenvalue weighted by Crippen LogP contribution is -2.54. The number of carbonyl (C=O) groups excluding carboxylic acids is 1. The summed E-state index contributed by atoms with van der Waals surface area (Å²) in [5.74, 6) is 2.59. The van der Waals surface area contributed by atoms with Crippen LogP contribution >= 0.6 is 11.8 Å². The highest BCUT2D eigenvalue weighted by Gasteiger charge is 2.61. The van der Waals surface area contributed by atoms with E-state index in [4.69, 9.17) is 0 Å². The standard InChI is InChI=1S/C39H60F3N3OS/c40-39(41,42)38(46)25-11-9-23(10-12-25)24-13-15-26(16-14-24)45-33-7-3-1-5-28(33)29-18-19-30-31-21-27(17-20-35(31)47-37(30)36(29)45)44-22-43-32-6-2-4-8-34(32)44/h23-37,43H,1-22H2. The minimum Gasteiger partial charge on any atom is -0.300 e. The zero-order chi connectivity index (χ0) is 31.9. The Balaban J connectivity index is 0.871. The maximum atomic E-state index is 13.1. The van der Waals surface area contributed by atoms with Gasteiger partial charge in [0.2, 0.25) is 5.78 Å². The number of alkyl halides is 3. The number of nitrogens with zero attached hydrogens (tertiary/aromatic N) is 2. The number of halogens is 3. The Bertz CT molecular complexity index is 1140. The van der Waals surface area contributed by atoms with Crippen LogP contribution in [-0.2, 0) is 4.79 Å². The number of carbonyl (C=O) groups is 1. The molecule has 1 N–H and O–H groups in total. The average Bonchev–Trinajstić information content (AvgIpc) is 3.79. The number of hydrogen-bond acceptors (Lipinski definition) is 5. The monoisotopic (exact) mass is 675 g/mol. The van der Waals surface area contributed by atoms with Crippen molar-refractivity contribution in [3.8, 4) is 0 Å². The minimum absolute atomic E-state index is 0.446. The number of rotatable bonds is 4. The van der Waals surface area contributed by atoms with Crippen LogP contribution in [-0.4, -0.2) is 75.2 Å². The summed E-state index contributed by atoms with van der Waals surface area (Å²) in [4.78, 5) is 18.0. The molecule has 3 aliphatic heterocycles. The van der Waals surface area contributed by atoms with Crippen molar-refractivity contribution in [2.45, 2.75) is 188 Å². The minimum atomic E-state index is -4.67. The molecule has 0 bridgehead atoms. The van der Waals surface area contributed by atoms with Crippen molar-refractivity contribution in [3.63, 3.8) is 0 Å². The molecule has 0 aromatic heterocycles. The van der Waals surface area contributed by atoms with E-state index in [2.05, 4.69) is 26.9 Å². The summed E-state index contributed by atoms with van der Waals surface area (Å²) in [5.41, 5.74) is 0. The molecule has 3 heterocycles. The largest absolute Gasteiger partial charge is 0.450 e. The van der Waals surface area contributed by atoms with Crippen LogP contribution in [0, 0.1) is 41.4 Å². The summed E-state index contributed by atoms with van der Waals surface area (Å²) in [6.45, 7) is 1.14. The summed E-state index contributed by atoms with van der Waals surface area (Å²) >= 11 is 2.48. The zero-order valence-corrected chi connectivity index (χ0v) is 29.4. The van der Waals surface area contributed by atoms with Crippen molar-refractivity contribution in [3.05, 3.63) is 0 Å². The first-order chi connectivity index (χ1) is 22.8. The van der Waals surface area contributed by atoms with Crippen LogP contribution in [0.4, 0.5) is 13.2 Å². The Hall–Kier alpha value is -0.310. The number of likely N-dealkylation sites (tertiary alicyclic amines) is 1. The Morgan fingerprint density at radius 2 is 1.30 bits per heavy atom. The van der Waals surface area contributed by atoms with Crippen LogP contribution in [0.25, 0.3) is 0 Å². The third-order valence-corrected chi connectivity index (χ3v) is 18.1. The summed E-state index contributed by atoms with van der Waals surface area (Å²) in [6, 6.07) is 4.65. The molecule has 0 radical (unpaired) electrons. The van der Waals surface area contributed by atoms with E-state index in [1.54, 1.807) is 0 Å². The van der Waals surface area contributed by atoms with Gasteiger partial charge in [0.25, 0.3) is 0 Å². The lowest BCUT2D eigenvalue weighted by Gasteiger charge is -2.48. The molecule has 11 atom stereocenters. The van der Waals surface area contributed by atoms with Crippen LogP contribution in [0.1, 0.15) is 135 Å². The van der Waals surface area contributed by atoms with Crippen molar-refractivity contribution in [1.29, 1.82) is 0 Å². The van der Waals surface area contributed by atoms with Gasteiger partial charge < -0.3 is 0 Å². The van der Waals surface area contributed by atoms with Crippen LogP contribution in [0.15, 0.2) is 0 Å². The Labute approximate surface area is 285 Å². The second kappa shape index (κ2) is 13.0. The van der Waals surface area contributed by atoms with Gasteiger partial charge in [-0.15, -0.1) is 0 Å². The molecule has 9 aliphatic rings. The maximum Gasteiger partial charge on any atom is 0.450 e. The van der Waals surface area contributed by atoms with Gasteiger partial charge in [0, 0.05) is 59.3 Å². The summed E-state index contributed by atoms with van der Waals surface area (Å²) in [5, 5.41) is 5.64. The lowest BCUT2D eigenvalue weighted by molar-refractivity contribution is -0.177. The van der Waals surface area contributed by atoms with Gasteiger partial charge in [-0.1, -0.05) is 25.7 Å². The van der Waals surface area contributed by atoms with Gasteiger partial charge >= 0.3 is 6.18 Å². The number of thioether (sulfide) groups is 1.